The maximum atomic E-state index is 12.2. The van der Waals surface area contributed by atoms with Crippen molar-refractivity contribution >= 4 is 29.5 Å². The fraction of sp³-hybridized carbons (Fsp3) is 0.438. The lowest BCUT2D eigenvalue weighted by Crippen LogP contribution is -2.46. The predicted octanol–water partition coefficient (Wildman–Crippen LogP) is 1.05. The van der Waals surface area contributed by atoms with E-state index in [1.807, 2.05) is 18.4 Å². The first-order chi connectivity index (χ1) is 11.1. The molecule has 124 valence electrons. The van der Waals surface area contributed by atoms with Crippen molar-refractivity contribution in [3.63, 3.8) is 0 Å². The standard InChI is InChI=1S/C16H20N2O4S/c1-22-16(21)13(7-8-23-2)17-14(19)10-18-9-11-5-3-4-6-12(11)15(18)20/h3-6,13H,7-10H2,1-2H3,(H,17,19). The summed E-state index contributed by atoms with van der Waals surface area (Å²) in [6.07, 6.45) is 2.42. The molecule has 0 aliphatic carbocycles. The normalized spacial score (nSPS) is 14.3. The van der Waals surface area contributed by atoms with E-state index in [-0.39, 0.29) is 18.4 Å². The Kier molecular flexibility index (Phi) is 6.04. The molecule has 1 heterocycles. The van der Waals surface area contributed by atoms with Gasteiger partial charge in [0.15, 0.2) is 0 Å². The van der Waals surface area contributed by atoms with Crippen molar-refractivity contribution in [3.05, 3.63) is 35.4 Å². The van der Waals surface area contributed by atoms with E-state index < -0.39 is 12.0 Å². The number of nitrogens with one attached hydrogen (secondary N) is 1. The van der Waals surface area contributed by atoms with Crippen molar-refractivity contribution < 1.29 is 19.1 Å². The van der Waals surface area contributed by atoms with Gasteiger partial charge in [-0.15, -0.1) is 0 Å². The third-order valence-corrected chi connectivity index (χ3v) is 4.31. The van der Waals surface area contributed by atoms with Crippen LogP contribution in [0, 0.1) is 0 Å². The fourth-order valence-corrected chi connectivity index (χ4v) is 2.95. The fourth-order valence-electron chi connectivity index (χ4n) is 2.48. The highest BCUT2D eigenvalue weighted by atomic mass is 32.2. The van der Waals surface area contributed by atoms with Crippen molar-refractivity contribution in [2.75, 3.05) is 25.7 Å². The number of nitrogens with zero attached hydrogens (tertiary/aromatic N) is 1. The van der Waals surface area contributed by atoms with Gasteiger partial charge < -0.3 is 15.0 Å². The Hall–Kier alpha value is -2.02. The van der Waals surface area contributed by atoms with Gasteiger partial charge in [0.2, 0.25) is 5.91 Å². The lowest BCUT2D eigenvalue weighted by Gasteiger charge is -2.19. The Morgan fingerprint density at radius 1 is 1.39 bits per heavy atom. The van der Waals surface area contributed by atoms with Gasteiger partial charge in [0, 0.05) is 12.1 Å². The number of hydrogen-bond acceptors (Lipinski definition) is 5. The molecule has 2 rings (SSSR count). The predicted molar refractivity (Wildman–Crippen MR) is 88.1 cm³/mol. The minimum atomic E-state index is -0.681. The highest BCUT2D eigenvalue weighted by molar-refractivity contribution is 7.98. The van der Waals surface area contributed by atoms with E-state index in [2.05, 4.69) is 5.32 Å². The summed E-state index contributed by atoms with van der Waals surface area (Å²) in [5.41, 5.74) is 1.55. The molecule has 0 radical (unpaired) electrons. The minimum absolute atomic E-state index is 0.0692. The second-order valence-corrected chi connectivity index (χ2v) is 6.23. The SMILES string of the molecule is COC(=O)C(CCSC)NC(=O)CN1Cc2ccccc2C1=O. The summed E-state index contributed by atoms with van der Waals surface area (Å²) in [5, 5.41) is 2.66. The van der Waals surface area contributed by atoms with Gasteiger partial charge in [-0.1, -0.05) is 18.2 Å². The summed E-state index contributed by atoms with van der Waals surface area (Å²) in [7, 11) is 1.29. The number of rotatable bonds is 7. The highest BCUT2D eigenvalue weighted by Crippen LogP contribution is 2.21. The number of ether oxygens (including phenoxy) is 1. The van der Waals surface area contributed by atoms with Crippen LogP contribution in [0.5, 0.6) is 0 Å². The van der Waals surface area contributed by atoms with Crippen molar-refractivity contribution in [2.45, 2.75) is 19.0 Å². The van der Waals surface area contributed by atoms with E-state index in [9.17, 15) is 14.4 Å². The summed E-state index contributed by atoms with van der Waals surface area (Å²) in [6.45, 7) is 0.344. The molecule has 7 heteroatoms. The number of fused-ring (bicyclic) bond motifs is 1. The molecular formula is C16H20N2O4S. The van der Waals surface area contributed by atoms with Crippen molar-refractivity contribution in [3.8, 4) is 0 Å². The molecule has 0 fully saturated rings. The van der Waals surface area contributed by atoms with Crippen LogP contribution in [0.25, 0.3) is 0 Å². The van der Waals surface area contributed by atoms with Gasteiger partial charge in [-0.3, -0.25) is 9.59 Å². The third kappa shape index (κ3) is 4.25. The largest absolute Gasteiger partial charge is 0.467 e. The first kappa shape index (κ1) is 17.3. The Labute approximate surface area is 139 Å². The number of amides is 2. The Balaban J connectivity index is 1.94. The average molecular weight is 336 g/mol. The van der Waals surface area contributed by atoms with Crippen LogP contribution in [0.2, 0.25) is 0 Å². The minimum Gasteiger partial charge on any atom is -0.467 e. The second kappa shape index (κ2) is 8.01. The van der Waals surface area contributed by atoms with E-state index in [1.54, 1.807) is 23.9 Å². The Morgan fingerprint density at radius 3 is 2.78 bits per heavy atom. The Morgan fingerprint density at radius 2 is 2.13 bits per heavy atom. The van der Waals surface area contributed by atoms with Crippen LogP contribution in [0.3, 0.4) is 0 Å². The molecule has 0 bridgehead atoms. The monoisotopic (exact) mass is 336 g/mol. The van der Waals surface area contributed by atoms with Crippen LogP contribution in [0.1, 0.15) is 22.3 Å². The van der Waals surface area contributed by atoms with Crippen LogP contribution in [-0.2, 0) is 20.9 Å². The van der Waals surface area contributed by atoms with Crippen LogP contribution >= 0.6 is 11.8 Å². The maximum absolute atomic E-state index is 12.2. The Bertz CT molecular complexity index is 605. The number of carbonyl (C=O) groups is 3. The second-order valence-electron chi connectivity index (χ2n) is 5.24. The molecule has 0 aromatic heterocycles. The third-order valence-electron chi connectivity index (χ3n) is 3.66. The van der Waals surface area contributed by atoms with E-state index in [1.165, 1.54) is 12.0 Å². The molecule has 0 saturated carbocycles. The topological polar surface area (TPSA) is 75.7 Å². The number of hydrogen-bond donors (Lipinski definition) is 1. The first-order valence-corrected chi connectivity index (χ1v) is 8.69. The van der Waals surface area contributed by atoms with Gasteiger partial charge in [-0.25, -0.2) is 4.79 Å². The number of methoxy groups -OCH3 is 1. The highest BCUT2D eigenvalue weighted by Gasteiger charge is 2.29. The molecule has 1 aromatic carbocycles. The zero-order valence-electron chi connectivity index (χ0n) is 13.2. The molecular weight excluding hydrogens is 316 g/mol. The van der Waals surface area contributed by atoms with Crippen LogP contribution in [-0.4, -0.2) is 54.4 Å². The van der Waals surface area contributed by atoms with Gasteiger partial charge in [-0.05, 0) is 30.1 Å². The van der Waals surface area contributed by atoms with Gasteiger partial charge >= 0.3 is 5.97 Å². The average Bonchev–Trinajstić information content (AvgIpc) is 2.87. The molecule has 1 N–H and O–H groups in total. The summed E-state index contributed by atoms with van der Waals surface area (Å²) in [6, 6.07) is 6.62. The van der Waals surface area contributed by atoms with Gasteiger partial charge in [0.05, 0.1) is 7.11 Å². The molecule has 1 aliphatic heterocycles. The molecule has 2 amide bonds. The van der Waals surface area contributed by atoms with Crippen molar-refractivity contribution in [1.82, 2.24) is 10.2 Å². The van der Waals surface area contributed by atoms with Gasteiger partial charge in [-0.2, -0.15) is 11.8 Å². The lowest BCUT2D eigenvalue weighted by molar-refractivity contribution is -0.145. The van der Waals surface area contributed by atoms with Crippen molar-refractivity contribution in [2.24, 2.45) is 0 Å². The summed E-state index contributed by atoms with van der Waals surface area (Å²) >= 11 is 1.59. The molecule has 6 nitrogen and oxygen atoms in total. The van der Waals surface area contributed by atoms with Crippen LogP contribution in [0.15, 0.2) is 24.3 Å². The lowest BCUT2D eigenvalue weighted by atomic mass is 10.1. The summed E-state index contributed by atoms with van der Waals surface area (Å²) in [4.78, 5) is 37.6. The summed E-state index contributed by atoms with van der Waals surface area (Å²) < 4.78 is 4.71. The van der Waals surface area contributed by atoms with E-state index in [0.29, 0.717) is 18.5 Å². The zero-order chi connectivity index (χ0) is 16.8. The first-order valence-electron chi connectivity index (χ1n) is 7.30. The molecule has 1 atom stereocenters. The van der Waals surface area contributed by atoms with Crippen molar-refractivity contribution in [1.29, 1.82) is 0 Å². The molecule has 23 heavy (non-hydrogen) atoms. The van der Waals surface area contributed by atoms with Crippen LogP contribution in [0.4, 0.5) is 0 Å². The number of esters is 1. The van der Waals surface area contributed by atoms with Gasteiger partial charge in [0.25, 0.3) is 5.91 Å². The van der Waals surface area contributed by atoms with Gasteiger partial charge in [0.1, 0.15) is 12.6 Å². The zero-order valence-corrected chi connectivity index (χ0v) is 14.0. The molecule has 0 saturated heterocycles. The number of carbonyl (C=O) groups excluding carboxylic acids is 3. The molecule has 1 unspecified atom stereocenters. The number of benzene rings is 1. The van der Waals surface area contributed by atoms with E-state index >= 15 is 0 Å². The summed E-state index contributed by atoms with van der Waals surface area (Å²) in [5.74, 6) is -0.255. The maximum Gasteiger partial charge on any atom is 0.328 e. The number of thioether (sulfide) groups is 1. The van der Waals surface area contributed by atoms with E-state index in [4.69, 9.17) is 4.74 Å². The molecule has 1 aromatic rings. The van der Waals surface area contributed by atoms with Crippen LogP contribution < -0.4 is 5.32 Å². The molecule has 1 aliphatic rings. The smallest absolute Gasteiger partial charge is 0.328 e. The molecule has 0 spiro atoms. The van der Waals surface area contributed by atoms with E-state index in [0.717, 1.165) is 11.3 Å². The quantitative estimate of drug-likeness (QED) is 0.754.